The monoisotopic (exact) mass is 448 g/mol. The molecule has 2 heterocycles. The Balaban J connectivity index is 1.17. The summed E-state index contributed by atoms with van der Waals surface area (Å²) in [4.78, 5) is 27.9. The van der Waals surface area contributed by atoms with Crippen LogP contribution < -0.4 is 5.32 Å². The number of carbonyl (C=O) groups excluding carboxylic acids is 2. The zero-order valence-electron chi connectivity index (χ0n) is 17.9. The number of amides is 2. The van der Waals surface area contributed by atoms with Crippen molar-refractivity contribution in [3.8, 4) is 0 Å². The van der Waals surface area contributed by atoms with E-state index < -0.39 is 0 Å². The van der Waals surface area contributed by atoms with Gasteiger partial charge in [0, 0.05) is 12.1 Å². The van der Waals surface area contributed by atoms with E-state index in [1.807, 2.05) is 4.90 Å². The highest BCUT2D eigenvalue weighted by molar-refractivity contribution is 8.01. The van der Waals surface area contributed by atoms with Crippen LogP contribution in [0.3, 0.4) is 0 Å². The highest BCUT2D eigenvalue weighted by Gasteiger charge is 2.54. The van der Waals surface area contributed by atoms with E-state index in [1.54, 1.807) is 0 Å². The average Bonchev–Trinajstić information content (AvgIpc) is 3.12. The van der Waals surface area contributed by atoms with Crippen LogP contribution in [0.25, 0.3) is 0 Å². The summed E-state index contributed by atoms with van der Waals surface area (Å²) in [6.45, 7) is 4.28. The number of aromatic nitrogens is 2. The molecular formula is C22H32N4O2S2. The second kappa shape index (κ2) is 8.08. The maximum absolute atomic E-state index is 13.2. The first-order chi connectivity index (χ1) is 14.4. The molecule has 30 heavy (non-hydrogen) atoms. The van der Waals surface area contributed by atoms with Gasteiger partial charge in [-0.25, -0.2) is 0 Å². The molecule has 5 fully saturated rings. The standard InChI is InChI=1S/C22H32N4O2S2/c1-13-4-3-5-14(2)26(13)18(27)12-29-21-25-24-20(30-21)23-19(28)22-9-15-6-16(10-22)8-17(7-15)11-22/h13-17H,3-12H2,1-2H3,(H,23,24,28)/t13-,14-,15?,16?,17?,22?/m0/s1. The van der Waals surface area contributed by atoms with Gasteiger partial charge < -0.3 is 10.2 Å². The van der Waals surface area contributed by atoms with Gasteiger partial charge in [0.15, 0.2) is 4.34 Å². The molecule has 1 aromatic heterocycles. The van der Waals surface area contributed by atoms with Crippen molar-refractivity contribution in [3.63, 3.8) is 0 Å². The van der Waals surface area contributed by atoms with Crippen molar-refractivity contribution in [1.82, 2.24) is 15.1 Å². The molecule has 0 radical (unpaired) electrons. The Morgan fingerprint density at radius 1 is 1.07 bits per heavy atom. The number of rotatable bonds is 5. The first-order valence-corrected chi connectivity index (χ1v) is 13.3. The van der Waals surface area contributed by atoms with Crippen molar-refractivity contribution < 1.29 is 9.59 Å². The van der Waals surface area contributed by atoms with Gasteiger partial charge in [-0.3, -0.25) is 9.59 Å². The van der Waals surface area contributed by atoms with Crippen LogP contribution in [-0.4, -0.2) is 44.7 Å². The lowest BCUT2D eigenvalue weighted by atomic mass is 9.49. The summed E-state index contributed by atoms with van der Waals surface area (Å²) in [6.07, 6.45) is 10.5. The zero-order chi connectivity index (χ0) is 20.9. The average molecular weight is 449 g/mol. The Morgan fingerprint density at radius 3 is 2.27 bits per heavy atom. The topological polar surface area (TPSA) is 75.2 Å². The third-order valence-electron chi connectivity index (χ3n) is 7.95. The van der Waals surface area contributed by atoms with Crippen molar-refractivity contribution in [2.75, 3.05) is 11.1 Å². The number of piperidine rings is 1. The number of anilines is 1. The first kappa shape index (κ1) is 20.7. The lowest BCUT2D eigenvalue weighted by Crippen LogP contribution is -2.51. The fourth-order valence-corrected chi connectivity index (χ4v) is 8.66. The predicted octanol–water partition coefficient (Wildman–Crippen LogP) is 4.57. The number of nitrogens with one attached hydrogen (secondary N) is 1. The van der Waals surface area contributed by atoms with Crippen molar-refractivity contribution >= 4 is 40.0 Å². The number of thioether (sulfide) groups is 1. The van der Waals surface area contributed by atoms with Crippen molar-refractivity contribution in [1.29, 1.82) is 0 Å². The molecule has 4 saturated carbocycles. The minimum atomic E-state index is -0.176. The smallest absolute Gasteiger partial charge is 0.233 e. The normalized spacial score (nSPS) is 37.4. The largest absolute Gasteiger partial charge is 0.337 e. The van der Waals surface area contributed by atoms with Gasteiger partial charge in [0.05, 0.1) is 11.2 Å². The van der Waals surface area contributed by atoms with Gasteiger partial charge in [0.25, 0.3) is 0 Å². The van der Waals surface area contributed by atoms with Gasteiger partial charge in [-0.15, -0.1) is 10.2 Å². The molecule has 5 aliphatic rings. The first-order valence-electron chi connectivity index (χ1n) is 11.5. The highest BCUT2D eigenvalue weighted by atomic mass is 32.2. The number of likely N-dealkylation sites (tertiary alicyclic amines) is 1. The Hall–Kier alpha value is -1.15. The quantitative estimate of drug-likeness (QED) is 0.527. The lowest BCUT2D eigenvalue weighted by Gasteiger charge is -2.55. The number of hydrogen-bond acceptors (Lipinski definition) is 6. The molecule has 2 atom stereocenters. The van der Waals surface area contributed by atoms with E-state index >= 15 is 0 Å². The van der Waals surface area contributed by atoms with Crippen LogP contribution in [0.1, 0.15) is 71.6 Å². The minimum Gasteiger partial charge on any atom is -0.337 e. The number of hydrogen-bond donors (Lipinski definition) is 1. The van der Waals surface area contributed by atoms with E-state index in [4.69, 9.17) is 0 Å². The highest BCUT2D eigenvalue weighted by Crippen LogP contribution is 2.60. The molecule has 0 aromatic carbocycles. The molecule has 1 aromatic rings. The molecule has 164 valence electrons. The molecule has 1 N–H and O–H groups in total. The number of carbonyl (C=O) groups is 2. The molecule has 6 nitrogen and oxygen atoms in total. The molecule has 0 unspecified atom stereocenters. The van der Waals surface area contributed by atoms with Crippen LogP contribution in [0.15, 0.2) is 4.34 Å². The van der Waals surface area contributed by atoms with Crippen molar-refractivity contribution in [2.45, 2.75) is 88.1 Å². The predicted molar refractivity (Wildman–Crippen MR) is 119 cm³/mol. The van der Waals surface area contributed by atoms with Crippen molar-refractivity contribution in [3.05, 3.63) is 0 Å². The van der Waals surface area contributed by atoms with Crippen LogP contribution in [-0.2, 0) is 9.59 Å². The minimum absolute atomic E-state index is 0.154. The fraction of sp³-hybridized carbons (Fsp3) is 0.818. The molecule has 8 heteroatoms. The number of nitrogens with zero attached hydrogens (tertiary/aromatic N) is 3. The van der Waals surface area contributed by atoms with E-state index in [0.717, 1.165) is 54.2 Å². The molecule has 1 aliphatic heterocycles. The summed E-state index contributed by atoms with van der Waals surface area (Å²) in [7, 11) is 0. The summed E-state index contributed by atoms with van der Waals surface area (Å²) >= 11 is 2.83. The third-order valence-corrected chi connectivity index (χ3v) is 9.90. The van der Waals surface area contributed by atoms with E-state index in [2.05, 4.69) is 29.4 Å². The summed E-state index contributed by atoms with van der Waals surface area (Å²) in [5.74, 6) is 2.94. The maximum Gasteiger partial charge on any atom is 0.233 e. The van der Waals surface area contributed by atoms with E-state index in [0.29, 0.717) is 23.0 Å². The molecule has 2 amide bonds. The Labute approximate surface area is 187 Å². The summed E-state index contributed by atoms with van der Waals surface area (Å²) in [5, 5.41) is 12.1. The molecule has 4 bridgehead atoms. The summed E-state index contributed by atoms with van der Waals surface area (Å²) < 4.78 is 0.751. The second-order valence-corrected chi connectivity index (χ2v) is 12.4. The van der Waals surface area contributed by atoms with Gasteiger partial charge in [-0.05, 0) is 89.4 Å². The zero-order valence-corrected chi connectivity index (χ0v) is 19.6. The van der Waals surface area contributed by atoms with Gasteiger partial charge in [0.1, 0.15) is 0 Å². The lowest BCUT2D eigenvalue weighted by molar-refractivity contribution is -0.140. The van der Waals surface area contributed by atoms with E-state index in [1.165, 1.54) is 48.8 Å². The van der Waals surface area contributed by atoms with Gasteiger partial charge >= 0.3 is 0 Å². The fourth-order valence-electron chi connectivity index (χ4n) is 7.05. The van der Waals surface area contributed by atoms with Crippen molar-refractivity contribution in [2.24, 2.45) is 23.2 Å². The molecule has 6 rings (SSSR count). The second-order valence-electron chi connectivity index (χ2n) is 10.2. The Morgan fingerprint density at radius 2 is 1.67 bits per heavy atom. The molecule has 4 aliphatic carbocycles. The van der Waals surface area contributed by atoms with E-state index in [9.17, 15) is 9.59 Å². The Kier molecular flexibility index (Phi) is 5.58. The Bertz CT molecular complexity index is 781. The van der Waals surface area contributed by atoms with Crippen LogP contribution in [0, 0.1) is 23.2 Å². The van der Waals surface area contributed by atoms with Gasteiger partial charge in [0.2, 0.25) is 16.9 Å². The van der Waals surface area contributed by atoms with Crippen LogP contribution >= 0.6 is 23.1 Å². The van der Waals surface area contributed by atoms with Crippen LogP contribution in [0.4, 0.5) is 5.13 Å². The summed E-state index contributed by atoms with van der Waals surface area (Å²) in [5.41, 5.74) is -0.176. The maximum atomic E-state index is 13.2. The molecule has 1 saturated heterocycles. The van der Waals surface area contributed by atoms with E-state index in [-0.39, 0.29) is 17.2 Å². The third kappa shape index (κ3) is 3.90. The SMILES string of the molecule is C[C@H]1CCC[C@H](C)N1C(=O)CSc1nnc(NC(=O)C23CC4CC(CC(C4)C2)C3)s1. The van der Waals surface area contributed by atoms with Gasteiger partial charge in [-0.1, -0.05) is 23.1 Å². The summed E-state index contributed by atoms with van der Waals surface area (Å²) in [6, 6.07) is 0.623. The van der Waals surface area contributed by atoms with Gasteiger partial charge in [-0.2, -0.15) is 0 Å². The van der Waals surface area contributed by atoms with Crippen LogP contribution in [0.2, 0.25) is 0 Å². The molecule has 0 spiro atoms. The molecular weight excluding hydrogens is 416 g/mol. The van der Waals surface area contributed by atoms with Crippen LogP contribution in [0.5, 0.6) is 0 Å².